The summed E-state index contributed by atoms with van der Waals surface area (Å²) >= 11 is 3.78. The first kappa shape index (κ1) is 25.3. The van der Waals surface area contributed by atoms with Crippen molar-refractivity contribution in [3.05, 3.63) is 27.3 Å². The number of aromatic hydroxyl groups is 1. The third-order valence-electron chi connectivity index (χ3n) is 5.70. The summed E-state index contributed by atoms with van der Waals surface area (Å²) in [4.78, 5) is 1.22. The van der Waals surface area contributed by atoms with Gasteiger partial charge in [0.05, 0.1) is 23.5 Å². The van der Waals surface area contributed by atoms with E-state index in [1.165, 1.54) is 14.7 Å². The van der Waals surface area contributed by atoms with Crippen molar-refractivity contribution in [1.82, 2.24) is 18.4 Å². The van der Waals surface area contributed by atoms with Crippen LogP contribution in [-0.2, 0) is 10.0 Å². The van der Waals surface area contributed by atoms with Gasteiger partial charge in [-0.2, -0.15) is 13.1 Å². The molecule has 0 amide bonds. The summed E-state index contributed by atoms with van der Waals surface area (Å²) in [5.41, 5.74) is 1.61. The summed E-state index contributed by atoms with van der Waals surface area (Å²) in [6.07, 6.45) is 0. The predicted octanol–water partition coefficient (Wildman–Crippen LogP) is 4.64. The summed E-state index contributed by atoms with van der Waals surface area (Å²) in [5.74, 6) is 1.50. The van der Waals surface area contributed by atoms with Gasteiger partial charge in [0.15, 0.2) is 21.6 Å². The predicted molar refractivity (Wildman–Crippen MR) is 140 cm³/mol. The number of piperazine rings is 1. The van der Waals surface area contributed by atoms with Gasteiger partial charge in [0.25, 0.3) is 10.0 Å². The van der Waals surface area contributed by atoms with Gasteiger partial charge in [0, 0.05) is 36.4 Å². The number of nitrogens with one attached hydrogen (secondary N) is 3. The van der Waals surface area contributed by atoms with Gasteiger partial charge in [-0.25, -0.2) is 8.42 Å². The lowest BCUT2D eigenvalue weighted by Crippen LogP contribution is -2.46. The highest BCUT2D eigenvalue weighted by atomic mass is 32.2. The van der Waals surface area contributed by atoms with Gasteiger partial charge in [-0.1, -0.05) is 27.7 Å². The summed E-state index contributed by atoms with van der Waals surface area (Å²) < 4.78 is 36.1. The van der Waals surface area contributed by atoms with E-state index in [9.17, 15) is 13.5 Å². The lowest BCUT2D eigenvalue weighted by atomic mass is 10.00. The summed E-state index contributed by atoms with van der Waals surface area (Å²) in [7, 11) is -3.76. The second kappa shape index (κ2) is 10.5. The van der Waals surface area contributed by atoms with E-state index < -0.39 is 10.0 Å². The van der Waals surface area contributed by atoms with Crippen LogP contribution in [0.15, 0.2) is 21.0 Å². The van der Waals surface area contributed by atoms with E-state index in [2.05, 4.69) is 63.8 Å². The lowest BCUT2D eigenvalue weighted by Gasteiger charge is -2.26. The Morgan fingerprint density at radius 1 is 1.09 bits per heavy atom. The Morgan fingerprint density at radius 2 is 1.79 bits per heavy atom. The van der Waals surface area contributed by atoms with Crippen molar-refractivity contribution >= 4 is 61.7 Å². The van der Waals surface area contributed by atoms with E-state index in [0.29, 0.717) is 55.3 Å². The molecule has 0 aliphatic carbocycles. The largest absolute Gasteiger partial charge is 0.504 e. The zero-order chi connectivity index (χ0) is 24.5. The normalized spacial score (nSPS) is 16.3. The fourth-order valence-electron chi connectivity index (χ4n) is 3.65. The number of hydrogen-bond acceptors (Lipinski definition) is 11. The molecule has 1 saturated heterocycles. The van der Waals surface area contributed by atoms with Crippen molar-refractivity contribution in [3.8, 4) is 5.75 Å². The van der Waals surface area contributed by atoms with Gasteiger partial charge in [-0.05, 0) is 28.8 Å². The van der Waals surface area contributed by atoms with E-state index in [1.54, 1.807) is 16.7 Å². The van der Waals surface area contributed by atoms with Crippen LogP contribution >= 0.6 is 34.4 Å². The Balaban J connectivity index is 1.54. The number of hydrogen-bond donors (Lipinski definition) is 4. The molecule has 0 aromatic carbocycles. The molecule has 186 valence electrons. The van der Waals surface area contributed by atoms with Crippen LogP contribution in [0.2, 0.25) is 0 Å². The van der Waals surface area contributed by atoms with Gasteiger partial charge >= 0.3 is 0 Å². The molecule has 0 unspecified atom stereocenters. The molecule has 1 atom stereocenters. The fourth-order valence-corrected chi connectivity index (χ4v) is 8.23. The zero-order valence-electron chi connectivity index (χ0n) is 19.5. The highest BCUT2D eigenvalue weighted by molar-refractivity contribution is 7.91. The number of thiophene rings is 2. The summed E-state index contributed by atoms with van der Waals surface area (Å²) in [6.45, 7) is 10.6. The molecule has 0 radical (unpaired) electrons. The Hall–Kier alpha value is -1.77. The molecule has 1 aliphatic heterocycles. The molecule has 4 N–H and O–H groups in total. The van der Waals surface area contributed by atoms with Crippen LogP contribution in [0.3, 0.4) is 0 Å². The molecule has 13 heteroatoms. The first-order chi connectivity index (χ1) is 16.2. The van der Waals surface area contributed by atoms with Crippen LogP contribution in [0.25, 0.3) is 0 Å². The minimum Gasteiger partial charge on any atom is -0.504 e. The molecule has 1 fully saturated rings. The van der Waals surface area contributed by atoms with Crippen LogP contribution in [0.5, 0.6) is 5.75 Å². The van der Waals surface area contributed by atoms with Crippen LogP contribution in [0, 0.1) is 5.92 Å². The van der Waals surface area contributed by atoms with Crippen molar-refractivity contribution < 1.29 is 13.5 Å². The van der Waals surface area contributed by atoms with E-state index in [1.807, 2.05) is 0 Å². The molecule has 4 heterocycles. The molecular formula is C21H30N6O3S4. The SMILES string of the molecule is CC(C)c1csc([C@H](Nc2nsnc2Nc2csc(S(=O)(=O)N3CCNCC3)c2O)C(C)C)c1. The molecule has 1 aliphatic rings. The first-order valence-electron chi connectivity index (χ1n) is 11.1. The molecule has 0 saturated carbocycles. The Morgan fingerprint density at radius 3 is 2.44 bits per heavy atom. The van der Waals surface area contributed by atoms with Crippen molar-refractivity contribution in [2.75, 3.05) is 36.8 Å². The highest BCUT2D eigenvalue weighted by Crippen LogP contribution is 2.42. The van der Waals surface area contributed by atoms with E-state index in [-0.39, 0.29) is 16.0 Å². The van der Waals surface area contributed by atoms with Crippen molar-refractivity contribution in [2.45, 2.75) is 43.9 Å². The van der Waals surface area contributed by atoms with E-state index in [4.69, 9.17) is 0 Å². The number of sulfonamides is 1. The third kappa shape index (κ3) is 5.24. The Bertz CT molecular complexity index is 1210. The standard InChI is InChI=1S/C21H30N6O3S4/c1-12(2)14-9-16(31-10-14)17(13(3)4)24-20-19(25-33-26-20)23-15-11-32-21(18(15)28)34(29,30)27-7-5-22-6-8-27/h9-13,17,22,28H,5-8H2,1-4H3,(H,23,25)(H,24,26)/t17-/m1/s1. The van der Waals surface area contributed by atoms with Crippen LogP contribution in [0.4, 0.5) is 17.3 Å². The Kier molecular flexibility index (Phi) is 7.79. The minimum atomic E-state index is -3.76. The molecule has 4 rings (SSSR count). The van der Waals surface area contributed by atoms with Crippen LogP contribution in [-0.4, -0.2) is 52.8 Å². The third-order valence-corrected chi connectivity index (χ3v) is 10.6. The second-order valence-electron chi connectivity index (χ2n) is 8.83. The minimum absolute atomic E-state index is 0.0432. The quantitative estimate of drug-likeness (QED) is 0.309. The number of rotatable bonds is 9. The maximum Gasteiger partial charge on any atom is 0.256 e. The van der Waals surface area contributed by atoms with Crippen molar-refractivity contribution in [3.63, 3.8) is 0 Å². The average Bonchev–Trinajstić information content (AvgIpc) is 3.54. The first-order valence-corrected chi connectivity index (χ1v) is 15.1. The van der Waals surface area contributed by atoms with Crippen molar-refractivity contribution in [1.29, 1.82) is 0 Å². The van der Waals surface area contributed by atoms with Crippen LogP contribution < -0.4 is 16.0 Å². The maximum absolute atomic E-state index is 13.0. The molecule has 0 bridgehead atoms. The topological polar surface area (TPSA) is 119 Å². The molecule has 3 aromatic heterocycles. The number of aromatic nitrogens is 2. The van der Waals surface area contributed by atoms with E-state index >= 15 is 0 Å². The van der Waals surface area contributed by atoms with Gasteiger partial charge in [-0.3, -0.25) is 0 Å². The monoisotopic (exact) mass is 542 g/mol. The maximum atomic E-state index is 13.0. The fraction of sp³-hybridized carbons (Fsp3) is 0.524. The van der Waals surface area contributed by atoms with Gasteiger partial charge in [0.2, 0.25) is 0 Å². The smallest absolute Gasteiger partial charge is 0.256 e. The van der Waals surface area contributed by atoms with Gasteiger partial charge in [0.1, 0.15) is 0 Å². The van der Waals surface area contributed by atoms with Gasteiger partial charge in [-0.15, -0.1) is 22.7 Å². The van der Waals surface area contributed by atoms with Crippen molar-refractivity contribution in [2.24, 2.45) is 5.92 Å². The van der Waals surface area contributed by atoms with Gasteiger partial charge < -0.3 is 21.1 Å². The molecule has 9 nitrogen and oxygen atoms in total. The zero-order valence-corrected chi connectivity index (χ0v) is 22.8. The van der Waals surface area contributed by atoms with E-state index in [0.717, 1.165) is 23.1 Å². The second-order valence-corrected chi connectivity index (χ2v) is 13.3. The molecule has 34 heavy (non-hydrogen) atoms. The highest BCUT2D eigenvalue weighted by Gasteiger charge is 2.31. The summed E-state index contributed by atoms with van der Waals surface area (Å²) in [6, 6.07) is 2.28. The lowest BCUT2D eigenvalue weighted by molar-refractivity contribution is 0.359. The molecule has 3 aromatic rings. The number of anilines is 3. The molecular weight excluding hydrogens is 513 g/mol. The molecule has 0 spiro atoms. The van der Waals surface area contributed by atoms with Crippen LogP contribution in [0.1, 0.15) is 50.1 Å². The average molecular weight is 543 g/mol. The number of nitrogens with zero attached hydrogens (tertiary/aromatic N) is 3. The summed E-state index contributed by atoms with van der Waals surface area (Å²) in [5, 5.41) is 24.3. The Labute approximate surface area is 212 Å².